The minimum atomic E-state index is -0.736. The Morgan fingerprint density at radius 1 is 0.632 bits per heavy atom. The molecule has 0 aromatic heterocycles. The van der Waals surface area contributed by atoms with Crippen LogP contribution in [0, 0.1) is 0 Å². The minimum absolute atomic E-state index is 0.139. The van der Waals surface area contributed by atoms with Gasteiger partial charge in [-0.1, -0.05) is 102 Å². The van der Waals surface area contributed by atoms with Crippen LogP contribution in [0.4, 0.5) is 0 Å². The van der Waals surface area contributed by atoms with Gasteiger partial charge in [-0.3, -0.25) is 9.59 Å². The fraction of sp³-hybridized carbons (Fsp3) is 0.161. The Balaban J connectivity index is 1.63. The molecule has 0 heterocycles. The summed E-state index contributed by atoms with van der Waals surface area (Å²) < 4.78 is 0. The number of hydrogen-bond acceptors (Lipinski definition) is 2. The summed E-state index contributed by atoms with van der Waals surface area (Å²) in [5.41, 5.74) is 3.57. The highest BCUT2D eigenvalue weighted by molar-refractivity contribution is 6.31. The zero-order valence-electron chi connectivity index (χ0n) is 20.6. The molecule has 1 atom stereocenters. The van der Waals surface area contributed by atoms with E-state index in [2.05, 4.69) is 5.32 Å². The first-order chi connectivity index (χ1) is 18.4. The van der Waals surface area contributed by atoms with Gasteiger partial charge in [0.15, 0.2) is 0 Å². The van der Waals surface area contributed by atoms with Crippen LogP contribution in [0.1, 0.15) is 22.3 Å². The summed E-state index contributed by atoms with van der Waals surface area (Å²) in [7, 11) is 0. The maximum Gasteiger partial charge on any atom is 0.243 e. The number of hydrogen-bond donors (Lipinski definition) is 1. The van der Waals surface area contributed by atoms with Crippen LogP contribution in [0.15, 0.2) is 103 Å². The summed E-state index contributed by atoms with van der Waals surface area (Å²) in [4.78, 5) is 29.1. The monoisotopic (exact) mass is 564 g/mol. The Bertz CT molecular complexity index is 1340. The Labute approximate surface area is 238 Å². The molecule has 1 unspecified atom stereocenters. The van der Waals surface area contributed by atoms with Crippen molar-refractivity contribution in [3.8, 4) is 0 Å². The summed E-state index contributed by atoms with van der Waals surface area (Å²) >= 11 is 18.1. The van der Waals surface area contributed by atoms with Crippen LogP contribution in [-0.2, 0) is 35.5 Å². The van der Waals surface area contributed by atoms with Gasteiger partial charge in [-0.25, -0.2) is 0 Å². The van der Waals surface area contributed by atoms with Crippen LogP contribution in [0.25, 0.3) is 0 Å². The SMILES string of the molecule is O=C(NCc1ccc(Cl)cc1)C(Cc1ccccc1)N(Cc1ccc(Cl)cc1)C(=O)Cc1ccc(Cl)cc1. The number of carbonyl (C=O) groups is 2. The highest BCUT2D eigenvalue weighted by atomic mass is 35.5. The molecule has 0 saturated heterocycles. The predicted octanol–water partition coefficient (Wildman–Crippen LogP) is 7.15. The first-order valence-corrected chi connectivity index (χ1v) is 13.4. The summed E-state index contributed by atoms with van der Waals surface area (Å²) in [6.07, 6.45) is 0.508. The molecule has 4 nitrogen and oxygen atoms in total. The lowest BCUT2D eigenvalue weighted by molar-refractivity contribution is -0.140. The molecule has 0 bridgehead atoms. The van der Waals surface area contributed by atoms with E-state index >= 15 is 0 Å². The molecular formula is C31H27Cl3N2O2. The van der Waals surface area contributed by atoms with Gasteiger partial charge in [0.1, 0.15) is 6.04 Å². The van der Waals surface area contributed by atoms with Crippen molar-refractivity contribution in [2.24, 2.45) is 0 Å². The van der Waals surface area contributed by atoms with Crippen molar-refractivity contribution in [1.29, 1.82) is 0 Å². The van der Waals surface area contributed by atoms with Gasteiger partial charge in [-0.2, -0.15) is 0 Å². The molecular weight excluding hydrogens is 539 g/mol. The molecule has 38 heavy (non-hydrogen) atoms. The van der Waals surface area contributed by atoms with Crippen LogP contribution in [-0.4, -0.2) is 22.8 Å². The van der Waals surface area contributed by atoms with Crippen molar-refractivity contribution in [1.82, 2.24) is 10.2 Å². The molecule has 0 spiro atoms. The van der Waals surface area contributed by atoms with Crippen molar-refractivity contribution in [3.63, 3.8) is 0 Å². The average Bonchev–Trinajstić information content (AvgIpc) is 2.93. The molecule has 0 radical (unpaired) electrons. The summed E-state index contributed by atoms with van der Waals surface area (Å²) in [5.74, 6) is -0.396. The fourth-order valence-corrected chi connectivity index (χ4v) is 4.51. The van der Waals surface area contributed by atoms with Gasteiger partial charge in [0.2, 0.25) is 11.8 Å². The Hall–Kier alpha value is -3.31. The molecule has 4 rings (SSSR count). The van der Waals surface area contributed by atoms with Crippen molar-refractivity contribution >= 4 is 46.6 Å². The predicted molar refractivity (Wildman–Crippen MR) is 154 cm³/mol. The topological polar surface area (TPSA) is 49.4 Å². The first-order valence-electron chi connectivity index (χ1n) is 12.2. The van der Waals surface area contributed by atoms with E-state index in [4.69, 9.17) is 34.8 Å². The maximum atomic E-state index is 13.8. The Kier molecular flexibility index (Phi) is 9.83. The van der Waals surface area contributed by atoms with Crippen LogP contribution < -0.4 is 5.32 Å². The summed E-state index contributed by atoms with van der Waals surface area (Å²) in [5, 5.41) is 4.86. The van der Waals surface area contributed by atoms with Crippen LogP contribution in [0.2, 0.25) is 15.1 Å². The number of nitrogens with one attached hydrogen (secondary N) is 1. The maximum absolute atomic E-state index is 13.8. The van der Waals surface area contributed by atoms with Gasteiger partial charge in [-0.05, 0) is 58.7 Å². The van der Waals surface area contributed by atoms with E-state index in [-0.39, 0.29) is 24.8 Å². The number of amides is 2. The third-order valence-electron chi connectivity index (χ3n) is 6.19. The van der Waals surface area contributed by atoms with Crippen molar-refractivity contribution in [2.75, 3.05) is 0 Å². The zero-order valence-corrected chi connectivity index (χ0v) is 22.9. The van der Waals surface area contributed by atoms with Gasteiger partial charge in [0.05, 0.1) is 6.42 Å². The third-order valence-corrected chi connectivity index (χ3v) is 6.94. The van der Waals surface area contributed by atoms with Crippen molar-refractivity contribution in [3.05, 3.63) is 140 Å². The quantitative estimate of drug-likeness (QED) is 0.222. The second kappa shape index (κ2) is 13.5. The number of benzene rings is 4. The molecule has 2 amide bonds. The van der Waals surface area contributed by atoms with Crippen LogP contribution in [0.5, 0.6) is 0 Å². The number of carbonyl (C=O) groups excluding carboxylic acids is 2. The highest BCUT2D eigenvalue weighted by Crippen LogP contribution is 2.19. The second-order valence-corrected chi connectivity index (χ2v) is 10.3. The number of halogens is 3. The molecule has 0 aliphatic heterocycles. The van der Waals surface area contributed by atoms with E-state index in [1.165, 1.54) is 0 Å². The molecule has 194 valence electrons. The second-order valence-electron chi connectivity index (χ2n) is 9.00. The lowest BCUT2D eigenvalue weighted by Gasteiger charge is -2.32. The molecule has 0 aliphatic rings. The van der Waals surface area contributed by atoms with E-state index in [1.807, 2.05) is 66.7 Å². The normalized spacial score (nSPS) is 11.6. The van der Waals surface area contributed by atoms with E-state index in [1.54, 1.807) is 41.3 Å². The largest absolute Gasteiger partial charge is 0.350 e. The third kappa shape index (κ3) is 8.09. The van der Waals surface area contributed by atoms with Crippen LogP contribution in [0.3, 0.4) is 0 Å². The molecule has 7 heteroatoms. The molecule has 0 saturated carbocycles. The van der Waals surface area contributed by atoms with Gasteiger partial charge in [-0.15, -0.1) is 0 Å². The average molecular weight is 566 g/mol. The smallest absolute Gasteiger partial charge is 0.243 e. The molecule has 0 fully saturated rings. The van der Waals surface area contributed by atoms with Gasteiger partial charge >= 0.3 is 0 Å². The molecule has 4 aromatic carbocycles. The fourth-order valence-electron chi connectivity index (χ4n) is 4.13. The van der Waals surface area contributed by atoms with Gasteiger partial charge in [0.25, 0.3) is 0 Å². The lowest BCUT2D eigenvalue weighted by Crippen LogP contribution is -2.50. The Morgan fingerprint density at radius 3 is 1.68 bits per heavy atom. The van der Waals surface area contributed by atoms with E-state index in [9.17, 15) is 9.59 Å². The summed E-state index contributed by atoms with van der Waals surface area (Å²) in [6, 6.07) is 30.8. The first kappa shape index (κ1) is 27.7. The molecule has 0 aliphatic carbocycles. The highest BCUT2D eigenvalue weighted by Gasteiger charge is 2.30. The van der Waals surface area contributed by atoms with E-state index in [0.29, 0.717) is 28.0 Å². The van der Waals surface area contributed by atoms with E-state index < -0.39 is 6.04 Å². The van der Waals surface area contributed by atoms with Gasteiger partial charge in [0, 0.05) is 34.6 Å². The summed E-state index contributed by atoms with van der Waals surface area (Å²) in [6.45, 7) is 0.580. The number of rotatable bonds is 10. The zero-order chi connectivity index (χ0) is 26.9. The van der Waals surface area contributed by atoms with Gasteiger partial charge < -0.3 is 10.2 Å². The lowest BCUT2D eigenvalue weighted by atomic mass is 10.0. The Morgan fingerprint density at radius 2 is 1.13 bits per heavy atom. The molecule has 1 N–H and O–H groups in total. The number of nitrogens with zero attached hydrogens (tertiary/aromatic N) is 1. The van der Waals surface area contributed by atoms with Crippen LogP contribution >= 0.6 is 34.8 Å². The molecule has 4 aromatic rings. The van der Waals surface area contributed by atoms with Crippen molar-refractivity contribution in [2.45, 2.75) is 32.0 Å². The van der Waals surface area contributed by atoms with E-state index in [0.717, 1.165) is 22.3 Å². The van der Waals surface area contributed by atoms with Crippen molar-refractivity contribution < 1.29 is 9.59 Å². The standard InChI is InChI=1S/C31H27Cl3N2O2/c32-26-12-6-23(7-13-26)19-30(37)36(21-25-10-16-28(34)17-11-25)29(18-22-4-2-1-3-5-22)31(38)35-20-24-8-14-27(33)15-9-24/h1-17,29H,18-21H2,(H,35,38). The minimum Gasteiger partial charge on any atom is -0.350 e.